The van der Waals surface area contributed by atoms with E-state index in [1.807, 2.05) is 0 Å². The minimum absolute atomic E-state index is 0.114. The van der Waals surface area contributed by atoms with E-state index in [2.05, 4.69) is 126 Å². The highest BCUT2D eigenvalue weighted by Crippen LogP contribution is 2.63. The molecular formula is C31H46N+. The molecule has 0 fully saturated rings. The predicted molar refractivity (Wildman–Crippen MR) is 137 cm³/mol. The molecule has 0 atom stereocenters. The van der Waals surface area contributed by atoms with Gasteiger partial charge in [0.15, 0.2) is 6.20 Å². The first-order chi connectivity index (χ1) is 14.2. The summed E-state index contributed by atoms with van der Waals surface area (Å²) < 4.78 is 2.38. The summed E-state index contributed by atoms with van der Waals surface area (Å²) in [5, 5.41) is 0. The van der Waals surface area contributed by atoms with E-state index in [-0.39, 0.29) is 32.5 Å². The van der Waals surface area contributed by atoms with Crippen LogP contribution < -0.4 is 4.57 Å². The van der Waals surface area contributed by atoms with Crippen molar-refractivity contribution in [1.82, 2.24) is 0 Å². The number of hydrogen-bond donors (Lipinski definition) is 0. The summed E-state index contributed by atoms with van der Waals surface area (Å²) >= 11 is 0. The molecule has 1 aromatic carbocycles. The molecule has 2 aliphatic rings. The molecule has 4 rings (SSSR count). The fraction of sp³-hybridized carbons (Fsp3) is 0.645. The number of aryl methyl sites for hydroxylation is 2. The van der Waals surface area contributed by atoms with Gasteiger partial charge in [-0.1, -0.05) is 89.2 Å². The van der Waals surface area contributed by atoms with E-state index >= 15 is 0 Å². The second-order valence-electron chi connectivity index (χ2n) is 14.1. The van der Waals surface area contributed by atoms with E-state index in [1.54, 1.807) is 0 Å². The van der Waals surface area contributed by atoms with E-state index in [1.165, 1.54) is 39.1 Å². The third-order valence-electron chi connectivity index (χ3n) is 11.9. The molecule has 32 heavy (non-hydrogen) atoms. The highest BCUT2D eigenvalue weighted by Gasteiger charge is 2.59. The van der Waals surface area contributed by atoms with E-state index in [4.69, 9.17) is 0 Å². The van der Waals surface area contributed by atoms with Crippen LogP contribution >= 0.6 is 0 Å². The van der Waals surface area contributed by atoms with Gasteiger partial charge in [0, 0.05) is 22.6 Å². The van der Waals surface area contributed by atoms with Gasteiger partial charge in [0.25, 0.3) is 0 Å². The Balaban J connectivity index is 2.00. The van der Waals surface area contributed by atoms with Gasteiger partial charge in [-0.05, 0) is 62.3 Å². The van der Waals surface area contributed by atoms with Crippen LogP contribution in [0.25, 0.3) is 11.3 Å². The van der Waals surface area contributed by atoms with E-state index in [0.29, 0.717) is 0 Å². The summed E-state index contributed by atoms with van der Waals surface area (Å²) in [6.45, 7) is 31.6. The second-order valence-corrected chi connectivity index (χ2v) is 14.1. The lowest BCUT2D eigenvalue weighted by Gasteiger charge is -2.44. The molecule has 2 aromatic rings. The number of fused-ring (bicyclic) bond motifs is 2. The molecule has 1 heteroatoms. The molecule has 1 aromatic heterocycles. The van der Waals surface area contributed by atoms with Gasteiger partial charge < -0.3 is 0 Å². The number of aromatic nitrogens is 1. The van der Waals surface area contributed by atoms with Gasteiger partial charge in [-0.15, -0.1) is 0 Å². The summed E-state index contributed by atoms with van der Waals surface area (Å²) in [4.78, 5) is 0. The maximum absolute atomic E-state index is 2.53. The van der Waals surface area contributed by atoms with Crippen molar-refractivity contribution in [2.45, 2.75) is 112 Å². The standard InChI is InChI=1S/C31H46N/c1-19-15-21-22(27(4,5)30(10,11)26(21,2)3)16-20(19)25-17-23-24(18-32(25)14)29(8,9)31(12,13)28(23,6)7/h15-18H,1-14H3/q+1. The van der Waals surface area contributed by atoms with Gasteiger partial charge in [0.05, 0.1) is 0 Å². The van der Waals surface area contributed by atoms with Crippen LogP contribution in [0.15, 0.2) is 24.4 Å². The van der Waals surface area contributed by atoms with Gasteiger partial charge in [-0.25, -0.2) is 4.57 Å². The van der Waals surface area contributed by atoms with Crippen LogP contribution in [0, 0.1) is 17.8 Å². The molecule has 0 N–H and O–H groups in total. The fourth-order valence-electron chi connectivity index (χ4n) is 6.86. The largest absolute Gasteiger partial charge is 0.212 e. The predicted octanol–water partition coefficient (Wildman–Crippen LogP) is 7.68. The van der Waals surface area contributed by atoms with Crippen molar-refractivity contribution < 1.29 is 4.57 Å². The number of rotatable bonds is 1. The molecule has 0 bridgehead atoms. The average molecular weight is 433 g/mol. The molecule has 174 valence electrons. The van der Waals surface area contributed by atoms with Gasteiger partial charge in [0.1, 0.15) is 7.05 Å². The monoisotopic (exact) mass is 432 g/mol. The quantitative estimate of drug-likeness (QED) is 0.407. The molecular weight excluding hydrogens is 386 g/mol. The Morgan fingerprint density at radius 3 is 1.38 bits per heavy atom. The van der Waals surface area contributed by atoms with E-state index in [9.17, 15) is 0 Å². The summed E-state index contributed by atoms with van der Waals surface area (Å²) in [5.74, 6) is 0. The van der Waals surface area contributed by atoms with Crippen LogP contribution in [0.1, 0.15) is 111 Å². The lowest BCUT2D eigenvalue weighted by molar-refractivity contribution is -0.661. The Kier molecular flexibility index (Phi) is 4.47. The number of pyridine rings is 1. The lowest BCUT2D eigenvalue weighted by Crippen LogP contribution is -2.42. The van der Waals surface area contributed by atoms with Crippen LogP contribution in [-0.4, -0.2) is 0 Å². The fourth-order valence-corrected chi connectivity index (χ4v) is 6.86. The molecule has 0 saturated heterocycles. The summed E-state index contributed by atoms with van der Waals surface area (Å²) in [6, 6.07) is 7.54. The summed E-state index contributed by atoms with van der Waals surface area (Å²) in [5.41, 5.74) is 11.0. The zero-order valence-electron chi connectivity index (χ0n) is 23.3. The lowest BCUT2D eigenvalue weighted by atomic mass is 9.59. The van der Waals surface area contributed by atoms with Gasteiger partial charge in [-0.2, -0.15) is 0 Å². The molecule has 0 spiro atoms. The van der Waals surface area contributed by atoms with Crippen molar-refractivity contribution in [3.05, 3.63) is 52.2 Å². The van der Waals surface area contributed by atoms with Crippen molar-refractivity contribution in [3.8, 4) is 11.3 Å². The number of hydrogen-bond acceptors (Lipinski definition) is 0. The van der Waals surface area contributed by atoms with E-state index < -0.39 is 0 Å². The first kappa shape index (κ1) is 23.5. The van der Waals surface area contributed by atoms with Crippen LogP contribution in [-0.2, 0) is 28.7 Å². The van der Waals surface area contributed by atoms with Gasteiger partial charge in [0.2, 0.25) is 5.69 Å². The van der Waals surface area contributed by atoms with E-state index in [0.717, 1.165) is 0 Å². The number of benzene rings is 1. The Morgan fingerprint density at radius 1 is 0.531 bits per heavy atom. The van der Waals surface area contributed by atoms with Crippen LogP contribution in [0.2, 0.25) is 0 Å². The summed E-state index contributed by atoms with van der Waals surface area (Å²) in [6.07, 6.45) is 2.42. The summed E-state index contributed by atoms with van der Waals surface area (Å²) in [7, 11) is 2.23. The van der Waals surface area contributed by atoms with Crippen LogP contribution in [0.3, 0.4) is 0 Å². The molecule has 1 nitrogen and oxygen atoms in total. The van der Waals surface area contributed by atoms with Crippen molar-refractivity contribution in [3.63, 3.8) is 0 Å². The average Bonchev–Trinajstić information content (AvgIpc) is 2.81. The molecule has 0 aliphatic heterocycles. The van der Waals surface area contributed by atoms with Gasteiger partial charge >= 0.3 is 0 Å². The molecule has 0 amide bonds. The third kappa shape index (κ3) is 2.39. The highest BCUT2D eigenvalue weighted by atomic mass is 14.9. The van der Waals surface area contributed by atoms with Crippen LogP contribution in [0.4, 0.5) is 0 Å². The normalized spacial score (nSPS) is 24.8. The topological polar surface area (TPSA) is 3.88 Å². The van der Waals surface area contributed by atoms with Crippen molar-refractivity contribution in [2.75, 3.05) is 0 Å². The molecule has 2 aliphatic carbocycles. The van der Waals surface area contributed by atoms with Crippen molar-refractivity contribution in [2.24, 2.45) is 17.9 Å². The Morgan fingerprint density at radius 2 is 0.906 bits per heavy atom. The SMILES string of the molecule is Cc1cc2c(cc1-c1cc3c(c[n+]1C)C(C)(C)C(C)(C)C3(C)C)C(C)(C)C(C)(C)C2(C)C. The zero-order valence-corrected chi connectivity index (χ0v) is 23.3. The molecule has 0 saturated carbocycles. The Labute approximate surface area is 197 Å². The van der Waals surface area contributed by atoms with Crippen molar-refractivity contribution in [1.29, 1.82) is 0 Å². The first-order valence-electron chi connectivity index (χ1n) is 12.4. The zero-order chi connectivity index (χ0) is 24.4. The Bertz CT molecular complexity index is 1040. The minimum Gasteiger partial charge on any atom is -0.201 e. The second kappa shape index (κ2) is 6.08. The molecule has 1 heterocycles. The van der Waals surface area contributed by atoms with Crippen LogP contribution in [0.5, 0.6) is 0 Å². The first-order valence-corrected chi connectivity index (χ1v) is 12.4. The highest BCUT2D eigenvalue weighted by molar-refractivity contribution is 5.68. The molecule has 0 radical (unpaired) electrons. The minimum atomic E-state index is 0.114. The molecule has 0 unspecified atom stereocenters. The maximum Gasteiger partial charge on any atom is 0.212 e. The smallest absolute Gasteiger partial charge is 0.201 e. The van der Waals surface area contributed by atoms with Gasteiger partial charge in [-0.3, -0.25) is 0 Å². The number of nitrogens with zero attached hydrogens (tertiary/aromatic N) is 1. The van der Waals surface area contributed by atoms with Crippen molar-refractivity contribution >= 4 is 0 Å². The maximum atomic E-state index is 2.53. The Hall–Kier alpha value is -1.63. The third-order valence-corrected chi connectivity index (χ3v) is 11.9.